The minimum absolute atomic E-state index is 0.0510. The summed E-state index contributed by atoms with van der Waals surface area (Å²) in [7, 11) is 0. The van der Waals surface area contributed by atoms with Crippen molar-refractivity contribution in [3.8, 4) is 0 Å². The summed E-state index contributed by atoms with van der Waals surface area (Å²) >= 11 is 0. The van der Waals surface area contributed by atoms with E-state index in [4.69, 9.17) is 0 Å². The molecular weight excluding hydrogens is 136 g/mol. The largest absolute Gasteiger partial charge is 0.393 e. The van der Waals surface area contributed by atoms with Crippen LogP contribution in [0.5, 0.6) is 0 Å². The molecule has 0 fully saturated rings. The summed E-state index contributed by atoms with van der Waals surface area (Å²) in [4.78, 5) is 0. The lowest BCUT2D eigenvalue weighted by molar-refractivity contribution is 0.129. The molecule has 0 aliphatic heterocycles. The van der Waals surface area contributed by atoms with Crippen LogP contribution in [-0.4, -0.2) is 11.2 Å². The van der Waals surface area contributed by atoms with Gasteiger partial charge in [0.2, 0.25) is 0 Å². The van der Waals surface area contributed by atoms with Crippen molar-refractivity contribution in [1.82, 2.24) is 0 Å². The first-order chi connectivity index (χ1) is 5.24. The Balaban J connectivity index is 3.44. The van der Waals surface area contributed by atoms with Crippen LogP contribution in [0, 0.1) is 5.92 Å². The lowest BCUT2D eigenvalue weighted by Crippen LogP contribution is -2.12. The van der Waals surface area contributed by atoms with Gasteiger partial charge in [0.25, 0.3) is 0 Å². The Morgan fingerprint density at radius 3 is 2.00 bits per heavy atom. The second-order valence-corrected chi connectivity index (χ2v) is 3.36. The molecule has 0 heterocycles. The van der Waals surface area contributed by atoms with Crippen molar-refractivity contribution in [2.45, 2.75) is 59.0 Å². The molecule has 1 atom stereocenters. The van der Waals surface area contributed by atoms with Crippen LogP contribution in [0.2, 0.25) is 0 Å². The summed E-state index contributed by atoms with van der Waals surface area (Å²) in [6.45, 7) is 6.52. The fourth-order valence-corrected chi connectivity index (χ4v) is 1.46. The summed E-state index contributed by atoms with van der Waals surface area (Å²) in [6.07, 6.45) is 5.43. The zero-order valence-corrected chi connectivity index (χ0v) is 8.14. The van der Waals surface area contributed by atoms with Gasteiger partial charge in [-0.05, 0) is 18.8 Å². The van der Waals surface area contributed by atoms with Crippen LogP contribution in [0.1, 0.15) is 52.9 Å². The van der Waals surface area contributed by atoms with Crippen molar-refractivity contribution < 1.29 is 5.11 Å². The first-order valence-electron chi connectivity index (χ1n) is 4.92. The summed E-state index contributed by atoms with van der Waals surface area (Å²) in [6, 6.07) is 0. The zero-order chi connectivity index (χ0) is 8.69. The van der Waals surface area contributed by atoms with Gasteiger partial charge in [-0.15, -0.1) is 0 Å². The average molecular weight is 158 g/mol. The molecule has 0 spiro atoms. The predicted octanol–water partition coefficient (Wildman–Crippen LogP) is 2.97. The van der Waals surface area contributed by atoms with E-state index in [0.29, 0.717) is 0 Å². The molecule has 1 nitrogen and oxygen atoms in total. The third-order valence-corrected chi connectivity index (χ3v) is 2.38. The van der Waals surface area contributed by atoms with Crippen molar-refractivity contribution in [3.05, 3.63) is 0 Å². The Labute approximate surface area is 70.8 Å². The van der Waals surface area contributed by atoms with Gasteiger partial charge in [0.05, 0.1) is 6.10 Å². The zero-order valence-electron chi connectivity index (χ0n) is 8.14. The maximum atomic E-state index is 9.48. The average Bonchev–Trinajstić information content (AvgIpc) is 2.01. The highest BCUT2D eigenvalue weighted by molar-refractivity contribution is 4.62. The van der Waals surface area contributed by atoms with Crippen LogP contribution in [0.3, 0.4) is 0 Å². The Kier molecular flexibility index (Phi) is 6.63. The third-order valence-electron chi connectivity index (χ3n) is 2.38. The van der Waals surface area contributed by atoms with Crippen LogP contribution in [-0.2, 0) is 0 Å². The van der Waals surface area contributed by atoms with E-state index in [1.165, 1.54) is 12.8 Å². The number of rotatable bonds is 6. The van der Waals surface area contributed by atoms with E-state index in [0.717, 1.165) is 25.2 Å². The van der Waals surface area contributed by atoms with Crippen molar-refractivity contribution in [2.24, 2.45) is 5.92 Å². The second kappa shape index (κ2) is 6.66. The molecule has 11 heavy (non-hydrogen) atoms. The first kappa shape index (κ1) is 11.0. The highest BCUT2D eigenvalue weighted by Crippen LogP contribution is 2.16. The molecule has 0 aliphatic carbocycles. The van der Waals surface area contributed by atoms with Gasteiger partial charge in [-0.3, -0.25) is 0 Å². The third kappa shape index (κ3) is 5.25. The van der Waals surface area contributed by atoms with Gasteiger partial charge in [0.1, 0.15) is 0 Å². The van der Waals surface area contributed by atoms with Gasteiger partial charge in [-0.1, -0.05) is 40.0 Å². The Bertz CT molecular complexity index is 76.9. The summed E-state index contributed by atoms with van der Waals surface area (Å²) < 4.78 is 0. The summed E-state index contributed by atoms with van der Waals surface area (Å²) in [5.41, 5.74) is 0. The molecule has 0 aromatic heterocycles. The summed E-state index contributed by atoms with van der Waals surface area (Å²) in [5, 5.41) is 9.48. The Morgan fingerprint density at radius 1 is 1.09 bits per heavy atom. The van der Waals surface area contributed by atoms with E-state index < -0.39 is 0 Å². The van der Waals surface area contributed by atoms with E-state index in [1.807, 2.05) is 0 Å². The minimum Gasteiger partial charge on any atom is -0.393 e. The number of aliphatic hydroxyl groups excluding tert-OH is 1. The lowest BCUT2D eigenvalue weighted by atomic mass is 9.94. The quantitative estimate of drug-likeness (QED) is 0.630. The van der Waals surface area contributed by atoms with Gasteiger partial charge in [-0.2, -0.15) is 0 Å². The lowest BCUT2D eigenvalue weighted by Gasteiger charge is -2.16. The smallest absolute Gasteiger partial charge is 0.0542 e. The van der Waals surface area contributed by atoms with Gasteiger partial charge < -0.3 is 5.11 Å². The molecule has 0 unspecified atom stereocenters. The van der Waals surface area contributed by atoms with Crippen LogP contribution in [0.25, 0.3) is 0 Å². The number of aliphatic hydroxyl groups is 1. The van der Waals surface area contributed by atoms with E-state index in [9.17, 15) is 5.11 Å². The molecular formula is C10H22O. The fraction of sp³-hybridized carbons (Fsp3) is 1.00. The van der Waals surface area contributed by atoms with Crippen LogP contribution in [0.15, 0.2) is 0 Å². The monoisotopic (exact) mass is 158 g/mol. The first-order valence-corrected chi connectivity index (χ1v) is 4.92. The molecule has 0 bridgehead atoms. The van der Waals surface area contributed by atoms with Gasteiger partial charge >= 0.3 is 0 Å². The van der Waals surface area contributed by atoms with Gasteiger partial charge in [0, 0.05) is 0 Å². The molecule has 0 radical (unpaired) electrons. The topological polar surface area (TPSA) is 20.2 Å². The molecule has 0 aliphatic rings. The number of hydrogen-bond donors (Lipinski definition) is 1. The summed E-state index contributed by atoms with van der Waals surface area (Å²) in [5.74, 6) is 0.733. The molecule has 1 heteroatoms. The highest BCUT2D eigenvalue weighted by atomic mass is 16.3. The molecule has 0 saturated carbocycles. The molecule has 0 amide bonds. The van der Waals surface area contributed by atoms with E-state index >= 15 is 0 Å². The van der Waals surface area contributed by atoms with E-state index in [2.05, 4.69) is 20.8 Å². The van der Waals surface area contributed by atoms with Crippen molar-refractivity contribution in [1.29, 1.82) is 0 Å². The van der Waals surface area contributed by atoms with Crippen molar-refractivity contribution in [3.63, 3.8) is 0 Å². The van der Waals surface area contributed by atoms with Crippen LogP contribution in [0.4, 0.5) is 0 Å². The maximum absolute atomic E-state index is 9.48. The number of hydrogen-bond acceptors (Lipinski definition) is 1. The minimum atomic E-state index is -0.0510. The van der Waals surface area contributed by atoms with Crippen LogP contribution < -0.4 is 0 Å². The Morgan fingerprint density at radius 2 is 1.64 bits per heavy atom. The standard InChI is InChI=1S/C10H22O/c1-4-7-10(11)8-9(5-2)6-3/h9-11H,4-8H2,1-3H3/t10-/m0/s1. The van der Waals surface area contributed by atoms with Crippen molar-refractivity contribution in [2.75, 3.05) is 0 Å². The van der Waals surface area contributed by atoms with Crippen molar-refractivity contribution >= 4 is 0 Å². The fourth-order valence-electron chi connectivity index (χ4n) is 1.46. The van der Waals surface area contributed by atoms with Gasteiger partial charge in [0.15, 0.2) is 0 Å². The molecule has 0 rings (SSSR count). The van der Waals surface area contributed by atoms with Crippen LogP contribution >= 0.6 is 0 Å². The molecule has 1 N–H and O–H groups in total. The Hall–Kier alpha value is -0.0400. The second-order valence-electron chi connectivity index (χ2n) is 3.36. The van der Waals surface area contributed by atoms with E-state index in [1.54, 1.807) is 0 Å². The molecule has 0 aromatic carbocycles. The highest BCUT2D eigenvalue weighted by Gasteiger charge is 2.09. The molecule has 0 saturated heterocycles. The normalized spacial score (nSPS) is 13.9. The molecule has 68 valence electrons. The van der Waals surface area contributed by atoms with E-state index in [-0.39, 0.29) is 6.10 Å². The maximum Gasteiger partial charge on any atom is 0.0542 e. The SMILES string of the molecule is CCC[C@H](O)CC(CC)CC. The molecule has 0 aromatic rings. The van der Waals surface area contributed by atoms with Gasteiger partial charge in [-0.25, -0.2) is 0 Å². The predicted molar refractivity (Wildman–Crippen MR) is 49.6 cm³/mol.